The first-order chi connectivity index (χ1) is 16.1. The van der Waals surface area contributed by atoms with Gasteiger partial charge in [-0.2, -0.15) is 0 Å². The predicted octanol–water partition coefficient (Wildman–Crippen LogP) is 5.91. The lowest BCUT2D eigenvalue weighted by molar-refractivity contribution is 0.354. The molecule has 2 aromatic carbocycles. The molecule has 182 valence electrons. The van der Waals surface area contributed by atoms with Crippen molar-refractivity contribution in [2.24, 2.45) is 11.8 Å². The summed E-state index contributed by atoms with van der Waals surface area (Å²) in [5.74, 6) is 0.364. The first kappa shape index (κ1) is 24.7. The molecule has 0 spiro atoms. The molecule has 8 heteroatoms. The molecule has 3 aromatic rings. The quantitative estimate of drug-likeness (QED) is 0.418. The minimum atomic E-state index is -4.14. The van der Waals surface area contributed by atoms with E-state index in [9.17, 15) is 13.2 Å². The standard InChI is InChI=1S/C26H30ClFN2O3S/c1-4-5-9-29-16-25(34(32,33)20-8-6-7-19(27)11-20)26(31)21-12-22(28)24(13-23(21)29)30-14-17(2)10-18(3)15-30/h6-8,11-13,16-18H,4-5,9-10,14-15H2,1-3H3/t17-,18-/m0/s1. The maximum absolute atomic E-state index is 15.4. The number of hydrogen-bond donors (Lipinski definition) is 0. The average Bonchev–Trinajstić information content (AvgIpc) is 2.77. The first-order valence-electron chi connectivity index (χ1n) is 11.7. The van der Waals surface area contributed by atoms with Gasteiger partial charge in [0.05, 0.1) is 21.5 Å². The van der Waals surface area contributed by atoms with Crippen molar-refractivity contribution >= 4 is 38.0 Å². The van der Waals surface area contributed by atoms with Gasteiger partial charge in [-0.05, 0) is 55.0 Å². The van der Waals surface area contributed by atoms with Gasteiger partial charge >= 0.3 is 0 Å². The fourth-order valence-electron chi connectivity index (χ4n) is 4.94. The number of hydrogen-bond acceptors (Lipinski definition) is 4. The maximum Gasteiger partial charge on any atom is 0.211 e. The van der Waals surface area contributed by atoms with E-state index in [4.69, 9.17) is 11.6 Å². The van der Waals surface area contributed by atoms with Gasteiger partial charge in [-0.3, -0.25) is 4.79 Å². The highest BCUT2D eigenvalue weighted by atomic mass is 35.5. The smallest absolute Gasteiger partial charge is 0.211 e. The SMILES string of the molecule is CCCCn1cc(S(=O)(=O)c2cccc(Cl)c2)c(=O)c2cc(F)c(N3C[C@@H](C)C[C@H](C)C3)cc21. The lowest BCUT2D eigenvalue weighted by Crippen LogP contribution is -2.39. The van der Waals surface area contributed by atoms with E-state index in [1.165, 1.54) is 30.5 Å². The Kier molecular flexibility index (Phi) is 7.06. The Morgan fingerprint density at radius 1 is 1.12 bits per heavy atom. The number of benzene rings is 2. The Labute approximate surface area is 205 Å². The van der Waals surface area contributed by atoms with E-state index in [2.05, 4.69) is 13.8 Å². The van der Waals surface area contributed by atoms with E-state index < -0.39 is 21.1 Å². The van der Waals surface area contributed by atoms with Crippen LogP contribution < -0.4 is 10.3 Å². The van der Waals surface area contributed by atoms with E-state index in [1.54, 1.807) is 16.7 Å². The highest BCUT2D eigenvalue weighted by Crippen LogP contribution is 2.32. The Balaban J connectivity index is 1.92. The fourth-order valence-corrected chi connectivity index (χ4v) is 6.61. The topological polar surface area (TPSA) is 59.4 Å². The fraction of sp³-hybridized carbons (Fsp3) is 0.423. The zero-order chi connectivity index (χ0) is 24.6. The summed E-state index contributed by atoms with van der Waals surface area (Å²) in [6.07, 6.45) is 4.18. The largest absolute Gasteiger partial charge is 0.369 e. The summed E-state index contributed by atoms with van der Waals surface area (Å²) in [7, 11) is -4.14. The van der Waals surface area contributed by atoms with E-state index >= 15 is 4.39 Å². The number of sulfone groups is 1. The molecule has 0 aliphatic carbocycles. The van der Waals surface area contributed by atoms with Crippen molar-refractivity contribution in [3.05, 3.63) is 63.7 Å². The van der Waals surface area contributed by atoms with Crippen molar-refractivity contribution in [2.45, 2.75) is 56.4 Å². The average molecular weight is 505 g/mol. The Morgan fingerprint density at radius 3 is 2.47 bits per heavy atom. The van der Waals surface area contributed by atoms with Crippen LogP contribution in [-0.2, 0) is 16.4 Å². The summed E-state index contributed by atoms with van der Waals surface area (Å²) in [6.45, 7) is 8.36. The Morgan fingerprint density at radius 2 is 1.82 bits per heavy atom. The number of unbranched alkanes of at least 4 members (excludes halogenated alkanes) is 1. The van der Waals surface area contributed by atoms with Crippen LogP contribution in [-0.4, -0.2) is 26.1 Å². The number of pyridine rings is 1. The van der Waals surface area contributed by atoms with Crippen molar-refractivity contribution in [1.82, 2.24) is 4.57 Å². The number of halogens is 2. The van der Waals surface area contributed by atoms with Crippen LogP contribution in [0.4, 0.5) is 10.1 Å². The molecule has 0 unspecified atom stereocenters. The third-order valence-corrected chi connectivity index (χ3v) is 8.45. The van der Waals surface area contributed by atoms with E-state index in [1.807, 2.05) is 11.8 Å². The van der Waals surface area contributed by atoms with Crippen LogP contribution in [0.1, 0.15) is 40.0 Å². The zero-order valence-electron chi connectivity index (χ0n) is 19.7. The maximum atomic E-state index is 15.4. The number of fused-ring (bicyclic) bond motifs is 1. The van der Waals surface area contributed by atoms with Gasteiger partial charge in [0.2, 0.25) is 15.3 Å². The van der Waals surface area contributed by atoms with Gasteiger partial charge in [0.1, 0.15) is 10.7 Å². The summed E-state index contributed by atoms with van der Waals surface area (Å²) in [5, 5.41) is 0.326. The van der Waals surface area contributed by atoms with Crippen LogP contribution in [0.3, 0.4) is 0 Å². The molecule has 0 amide bonds. The molecule has 2 heterocycles. The normalized spacial score (nSPS) is 19.0. The second-order valence-electron chi connectivity index (χ2n) is 9.50. The van der Waals surface area contributed by atoms with Crippen molar-refractivity contribution in [2.75, 3.05) is 18.0 Å². The monoisotopic (exact) mass is 504 g/mol. The molecule has 1 saturated heterocycles. The number of piperidine rings is 1. The predicted molar refractivity (Wildman–Crippen MR) is 135 cm³/mol. The molecule has 34 heavy (non-hydrogen) atoms. The van der Waals surface area contributed by atoms with Crippen LogP contribution >= 0.6 is 11.6 Å². The number of nitrogens with zero attached hydrogens (tertiary/aromatic N) is 2. The summed E-state index contributed by atoms with van der Waals surface area (Å²) >= 11 is 6.00. The third-order valence-electron chi connectivity index (χ3n) is 6.47. The summed E-state index contributed by atoms with van der Waals surface area (Å²) in [4.78, 5) is 15.0. The third kappa shape index (κ3) is 4.73. The lowest BCUT2D eigenvalue weighted by Gasteiger charge is -2.37. The molecule has 0 radical (unpaired) electrons. The van der Waals surface area contributed by atoms with Crippen LogP contribution in [0.5, 0.6) is 0 Å². The Bertz CT molecular complexity index is 1380. The first-order valence-corrected chi connectivity index (χ1v) is 13.6. The van der Waals surface area contributed by atoms with Gasteiger partial charge in [-0.25, -0.2) is 12.8 Å². The highest BCUT2D eigenvalue weighted by molar-refractivity contribution is 7.91. The molecule has 4 rings (SSSR count). The summed E-state index contributed by atoms with van der Waals surface area (Å²) < 4.78 is 43.9. The molecule has 0 saturated carbocycles. The minimum Gasteiger partial charge on any atom is -0.369 e. The lowest BCUT2D eigenvalue weighted by atomic mass is 9.91. The molecular weight excluding hydrogens is 475 g/mol. The van der Waals surface area contributed by atoms with Crippen LogP contribution in [0.2, 0.25) is 5.02 Å². The van der Waals surface area contributed by atoms with Gasteiger partial charge in [-0.1, -0.05) is 44.9 Å². The summed E-state index contributed by atoms with van der Waals surface area (Å²) in [6, 6.07) is 8.74. The van der Waals surface area contributed by atoms with Gasteiger partial charge in [0, 0.05) is 30.9 Å². The van der Waals surface area contributed by atoms with Crippen molar-refractivity contribution < 1.29 is 12.8 Å². The van der Waals surface area contributed by atoms with Crippen molar-refractivity contribution in [3.63, 3.8) is 0 Å². The number of anilines is 1. The molecule has 1 fully saturated rings. The van der Waals surface area contributed by atoms with Crippen LogP contribution in [0.15, 0.2) is 57.2 Å². The second-order valence-corrected chi connectivity index (χ2v) is 11.9. The van der Waals surface area contributed by atoms with Gasteiger partial charge in [0.15, 0.2) is 0 Å². The summed E-state index contributed by atoms with van der Waals surface area (Å²) in [5.41, 5.74) is 0.306. The van der Waals surface area contributed by atoms with E-state index in [-0.39, 0.29) is 20.2 Å². The number of rotatable bonds is 6. The number of aryl methyl sites for hydroxylation is 1. The van der Waals surface area contributed by atoms with Crippen LogP contribution in [0.25, 0.3) is 10.9 Å². The van der Waals surface area contributed by atoms with Crippen LogP contribution in [0, 0.1) is 17.7 Å². The zero-order valence-corrected chi connectivity index (χ0v) is 21.3. The molecule has 0 bridgehead atoms. The molecule has 2 atom stereocenters. The molecule has 1 aliphatic rings. The van der Waals surface area contributed by atoms with Gasteiger partial charge in [-0.15, -0.1) is 0 Å². The highest BCUT2D eigenvalue weighted by Gasteiger charge is 2.27. The van der Waals surface area contributed by atoms with Crippen molar-refractivity contribution in [3.8, 4) is 0 Å². The molecule has 1 aliphatic heterocycles. The minimum absolute atomic E-state index is 0.0631. The molecule has 1 aromatic heterocycles. The number of aromatic nitrogens is 1. The molecular formula is C26H30ClFN2O3S. The molecule has 0 N–H and O–H groups in total. The second kappa shape index (κ2) is 9.70. The van der Waals surface area contributed by atoms with Gasteiger partial charge < -0.3 is 9.47 Å². The van der Waals surface area contributed by atoms with E-state index in [0.29, 0.717) is 29.6 Å². The van der Waals surface area contributed by atoms with Gasteiger partial charge in [0.25, 0.3) is 0 Å². The Hall–Kier alpha value is -2.38. The van der Waals surface area contributed by atoms with Crippen molar-refractivity contribution in [1.29, 1.82) is 0 Å². The van der Waals surface area contributed by atoms with E-state index in [0.717, 1.165) is 32.4 Å². The molecule has 5 nitrogen and oxygen atoms in total.